The van der Waals surface area contributed by atoms with Gasteiger partial charge in [-0.1, -0.05) is 18.2 Å². The molecule has 4 N–H and O–H groups in total. The van der Waals surface area contributed by atoms with Crippen LogP contribution in [0.1, 0.15) is 22.5 Å². The van der Waals surface area contributed by atoms with E-state index in [2.05, 4.69) is 30.6 Å². The van der Waals surface area contributed by atoms with Crippen molar-refractivity contribution < 1.29 is 9.59 Å². The number of urea groups is 1. The van der Waals surface area contributed by atoms with Gasteiger partial charge in [-0.05, 0) is 63.8 Å². The summed E-state index contributed by atoms with van der Waals surface area (Å²) >= 11 is 0. The largest absolute Gasteiger partial charge is 0.382 e. The van der Waals surface area contributed by atoms with Crippen LogP contribution in [0.3, 0.4) is 0 Å². The molecule has 0 bridgehead atoms. The van der Waals surface area contributed by atoms with Crippen molar-refractivity contribution in [3.63, 3.8) is 0 Å². The van der Waals surface area contributed by atoms with Crippen molar-refractivity contribution in [1.29, 1.82) is 0 Å². The first-order valence-electron chi connectivity index (χ1n) is 11.9. The number of rotatable bonds is 8. The van der Waals surface area contributed by atoms with Gasteiger partial charge in [-0.3, -0.25) is 10.1 Å². The number of pyridine rings is 1. The number of hydrogen-bond donors (Lipinski definition) is 3. The number of aromatic nitrogens is 4. The fourth-order valence-corrected chi connectivity index (χ4v) is 4.03. The van der Waals surface area contributed by atoms with Crippen LogP contribution >= 0.6 is 0 Å². The summed E-state index contributed by atoms with van der Waals surface area (Å²) < 4.78 is 1.58. The molecule has 0 unspecified atom stereocenters. The number of hydrogen-bond acceptors (Lipinski definition) is 7. The van der Waals surface area contributed by atoms with Crippen molar-refractivity contribution >= 4 is 34.8 Å². The molecule has 0 aliphatic rings. The Hall–Kier alpha value is -4.51. The number of carbonyl (C=O) groups is 2. The van der Waals surface area contributed by atoms with E-state index < -0.39 is 6.03 Å². The number of fused-ring (bicyclic) bond motifs is 1. The van der Waals surface area contributed by atoms with E-state index in [0.29, 0.717) is 34.7 Å². The summed E-state index contributed by atoms with van der Waals surface area (Å²) in [5, 5.41) is 9.77. The van der Waals surface area contributed by atoms with Gasteiger partial charge in [0.2, 0.25) is 0 Å². The third-order valence-corrected chi connectivity index (χ3v) is 5.84. The number of nitrogens with two attached hydrogens (primary N) is 1. The van der Waals surface area contributed by atoms with E-state index in [9.17, 15) is 9.59 Å². The number of aryl methyl sites for hydroxylation is 1. The van der Waals surface area contributed by atoms with Gasteiger partial charge < -0.3 is 20.9 Å². The van der Waals surface area contributed by atoms with Gasteiger partial charge in [0.25, 0.3) is 5.91 Å². The van der Waals surface area contributed by atoms with E-state index in [1.165, 1.54) is 6.33 Å². The average molecular weight is 502 g/mol. The van der Waals surface area contributed by atoms with Crippen LogP contribution in [-0.4, -0.2) is 75.6 Å². The lowest BCUT2D eigenvalue weighted by Crippen LogP contribution is -2.29. The fraction of sp³-hybridized carbons (Fsp3) is 0.269. The topological polar surface area (TPSA) is 134 Å². The zero-order chi connectivity index (χ0) is 26.5. The molecule has 1 aromatic carbocycles. The van der Waals surface area contributed by atoms with Gasteiger partial charge in [0.1, 0.15) is 17.7 Å². The minimum absolute atomic E-state index is 0.133. The second kappa shape index (κ2) is 11.0. The molecule has 0 spiro atoms. The molecule has 4 aromatic rings. The molecule has 0 radical (unpaired) electrons. The number of nitrogens with one attached hydrogen (secondary N) is 2. The summed E-state index contributed by atoms with van der Waals surface area (Å²) in [6.07, 6.45) is 3.89. The Bertz CT molecular complexity index is 1410. The van der Waals surface area contributed by atoms with E-state index in [0.717, 1.165) is 24.2 Å². The smallest absolute Gasteiger partial charge is 0.324 e. The minimum atomic E-state index is -0.409. The summed E-state index contributed by atoms with van der Waals surface area (Å²) in [7, 11) is 5.79. The van der Waals surface area contributed by atoms with Crippen molar-refractivity contribution in [1.82, 2.24) is 29.4 Å². The second-order valence-corrected chi connectivity index (χ2v) is 9.06. The lowest BCUT2D eigenvalue weighted by Gasteiger charge is -2.19. The standard InChI is InChI=1S/C26H31N9O2/c1-17-7-5-8-21(30-17)32-26(37)31-19-11-9-18(10-12-19)22-20(15-35-23(22)24(27)28-16-29-35)25(36)34(4)14-6-13-33(2)3/h5,7-12,15-16H,6,13-14H2,1-4H3,(H2,27,28,29)(H2,30,31,32,37). The summed E-state index contributed by atoms with van der Waals surface area (Å²) in [6.45, 7) is 3.34. The number of carbonyl (C=O) groups excluding carboxylic acids is 2. The Labute approximate surface area is 215 Å². The predicted octanol–water partition coefficient (Wildman–Crippen LogP) is 3.35. The molecular weight excluding hydrogens is 470 g/mol. The van der Waals surface area contributed by atoms with Crippen LogP contribution in [0.4, 0.5) is 22.1 Å². The summed E-state index contributed by atoms with van der Waals surface area (Å²) in [5.41, 5.74) is 10.0. The van der Waals surface area contributed by atoms with Crippen molar-refractivity contribution in [2.75, 3.05) is 50.6 Å². The molecule has 4 rings (SSSR count). The highest BCUT2D eigenvalue weighted by molar-refractivity contribution is 6.07. The molecule has 0 aliphatic carbocycles. The molecular formula is C26H31N9O2. The Kier molecular flexibility index (Phi) is 7.63. The van der Waals surface area contributed by atoms with Crippen LogP contribution in [-0.2, 0) is 0 Å². The highest BCUT2D eigenvalue weighted by atomic mass is 16.2. The summed E-state index contributed by atoms with van der Waals surface area (Å²) in [5.74, 6) is 0.597. The van der Waals surface area contributed by atoms with Crippen LogP contribution in [0.25, 0.3) is 16.6 Å². The molecule has 37 heavy (non-hydrogen) atoms. The highest BCUT2D eigenvalue weighted by Gasteiger charge is 2.23. The van der Waals surface area contributed by atoms with Gasteiger partial charge in [-0.2, -0.15) is 5.10 Å². The third kappa shape index (κ3) is 6.01. The minimum Gasteiger partial charge on any atom is -0.382 e. The van der Waals surface area contributed by atoms with Gasteiger partial charge in [0, 0.05) is 36.7 Å². The van der Waals surface area contributed by atoms with Gasteiger partial charge in [-0.15, -0.1) is 0 Å². The van der Waals surface area contributed by atoms with E-state index in [1.807, 2.05) is 45.3 Å². The SMILES string of the molecule is Cc1cccc(NC(=O)Nc2ccc(-c3c(C(=O)N(C)CCCN(C)C)cn4ncnc(N)c34)cc2)n1. The number of nitrogens with zero attached hydrogens (tertiary/aromatic N) is 6. The number of benzene rings is 1. The molecule has 3 aromatic heterocycles. The first-order valence-corrected chi connectivity index (χ1v) is 11.9. The normalized spacial score (nSPS) is 11.1. The Balaban J connectivity index is 1.59. The van der Waals surface area contributed by atoms with Crippen molar-refractivity contribution in [2.45, 2.75) is 13.3 Å². The maximum Gasteiger partial charge on any atom is 0.324 e. The van der Waals surface area contributed by atoms with Crippen LogP contribution in [0, 0.1) is 6.92 Å². The number of anilines is 3. The lowest BCUT2D eigenvalue weighted by atomic mass is 10.0. The van der Waals surface area contributed by atoms with Crippen LogP contribution in [0.2, 0.25) is 0 Å². The first-order chi connectivity index (χ1) is 17.7. The molecule has 0 atom stereocenters. The molecule has 3 heterocycles. The molecule has 11 heteroatoms. The van der Waals surface area contributed by atoms with E-state index >= 15 is 0 Å². The predicted molar refractivity (Wildman–Crippen MR) is 145 cm³/mol. The summed E-state index contributed by atoms with van der Waals surface area (Å²) in [4.78, 5) is 38.0. The second-order valence-electron chi connectivity index (χ2n) is 9.06. The fourth-order valence-electron chi connectivity index (χ4n) is 4.03. The van der Waals surface area contributed by atoms with E-state index in [4.69, 9.17) is 5.73 Å². The monoisotopic (exact) mass is 501 g/mol. The maximum absolute atomic E-state index is 13.4. The maximum atomic E-state index is 13.4. The molecule has 0 saturated heterocycles. The van der Waals surface area contributed by atoms with Gasteiger partial charge >= 0.3 is 6.03 Å². The zero-order valence-electron chi connectivity index (χ0n) is 21.4. The van der Waals surface area contributed by atoms with E-state index in [-0.39, 0.29) is 11.7 Å². The molecule has 192 valence electrons. The Morgan fingerprint density at radius 1 is 1.03 bits per heavy atom. The van der Waals surface area contributed by atoms with Crippen molar-refractivity contribution in [3.05, 3.63) is 66.2 Å². The average Bonchev–Trinajstić information content (AvgIpc) is 3.24. The van der Waals surface area contributed by atoms with E-state index in [1.54, 1.807) is 40.9 Å². The number of amides is 3. The first kappa shape index (κ1) is 25.6. The Morgan fingerprint density at radius 2 is 1.78 bits per heavy atom. The van der Waals surface area contributed by atoms with Gasteiger partial charge in [-0.25, -0.2) is 19.3 Å². The number of nitrogen functional groups attached to an aromatic ring is 1. The van der Waals surface area contributed by atoms with Crippen molar-refractivity contribution in [2.24, 2.45) is 0 Å². The van der Waals surface area contributed by atoms with Gasteiger partial charge in [0.15, 0.2) is 5.82 Å². The van der Waals surface area contributed by atoms with Crippen LogP contribution in [0.5, 0.6) is 0 Å². The van der Waals surface area contributed by atoms with Crippen LogP contribution in [0.15, 0.2) is 55.0 Å². The molecule has 0 fully saturated rings. The highest BCUT2D eigenvalue weighted by Crippen LogP contribution is 2.33. The molecule has 3 amide bonds. The van der Waals surface area contributed by atoms with Crippen LogP contribution < -0.4 is 16.4 Å². The molecule has 0 aliphatic heterocycles. The Morgan fingerprint density at radius 3 is 2.49 bits per heavy atom. The van der Waals surface area contributed by atoms with Gasteiger partial charge in [0.05, 0.1) is 5.56 Å². The zero-order valence-corrected chi connectivity index (χ0v) is 21.4. The quantitative estimate of drug-likeness (QED) is 0.337. The third-order valence-electron chi connectivity index (χ3n) is 5.84. The van der Waals surface area contributed by atoms with Crippen molar-refractivity contribution in [3.8, 4) is 11.1 Å². The lowest BCUT2D eigenvalue weighted by molar-refractivity contribution is 0.0791. The molecule has 0 saturated carbocycles. The molecule has 11 nitrogen and oxygen atoms in total. The summed E-state index contributed by atoms with van der Waals surface area (Å²) in [6, 6.07) is 12.2.